The van der Waals surface area contributed by atoms with Gasteiger partial charge >= 0.3 is 0 Å². The highest BCUT2D eigenvalue weighted by Crippen LogP contribution is 2.30. The van der Waals surface area contributed by atoms with Crippen LogP contribution in [0.2, 0.25) is 5.02 Å². The number of anilines is 1. The zero-order valence-electron chi connectivity index (χ0n) is 16.2. The van der Waals surface area contributed by atoms with Crippen LogP contribution in [0.5, 0.6) is 0 Å². The van der Waals surface area contributed by atoms with Crippen molar-refractivity contribution in [3.05, 3.63) is 82.9 Å². The van der Waals surface area contributed by atoms with Gasteiger partial charge in [0, 0.05) is 16.8 Å². The molecule has 0 saturated carbocycles. The second-order valence-corrected chi connectivity index (χ2v) is 7.57. The van der Waals surface area contributed by atoms with Gasteiger partial charge in [-0.1, -0.05) is 42.8 Å². The van der Waals surface area contributed by atoms with Crippen molar-refractivity contribution < 1.29 is 4.79 Å². The van der Waals surface area contributed by atoms with Crippen LogP contribution in [-0.4, -0.2) is 21.0 Å². The van der Waals surface area contributed by atoms with E-state index < -0.39 is 0 Å². The molecule has 150 valence electrons. The predicted octanol–water partition coefficient (Wildman–Crippen LogP) is 5.57. The molecule has 5 nitrogen and oxygen atoms in total. The standard InChI is InChI=1S/C23H19ClN4OS/c1-2-14-7-9-15(10-8-14)22(29)28-23(30)25-16-11-12-18(24)17(13-16)21-26-19-5-3-4-6-20(19)27-21/h3-13H,2H2,1H3,(H,26,27)(H2,25,28,29,30). The Kier molecular flexibility index (Phi) is 5.79. The number of imidazole rings is 1. The maximum atomic E-state index is 12.4. The number of hydrogen-bond donors (Lipinski definition) is 3. The van der Waals surface area contributed by atoms with Gasteiger partial charge in [-0.2, -0.15) is 0 Å². The molecule has 4 rings (SSSR count). The van der Waals surface area contributed by atoms with E-state index in [2.05, 4.69) is 27.5 Å². The van der Waals surface area contributed by atoms with Gasteiger partial charge in [0.15, 0.2) is 5.11 Å². The van der Waals surface area contributed by atoms with Gasteiger partial charge in [-0.25, -0.2) is 4.98 Å². The van der Waals surface area contributed by atoms with E-state index in [0.29, 0.717) is 22.1 Å². The highest BCUT2D eigenvalue weighted by atomic mass is 35.5. The Bertz CT molecular complexity index is 1200. The van der Waals surface area contributed by atoms with Crippen molar-refractivity contribution in [1.82, 2.24) is 15.3 Å². The smallest absolute Gasteiger partial charge is 0.257 e. The lowest BCUT2D eigenvalue weighted by molar-refractivity contribution is 0.0977. The van der Waals surface area contributed by atoms with E-state index in [4.69, 9.17) is 23.8 Å². The van der Waals surface area contributed by atoms with E-state index >= 15 is 0 Å². The molecule has 30 heavy (non-hydrogen) atoms. The number of carbonyl (C=O) groups excluding carboxylic acids is 1. The predicted molar refractivity (Wildman–Crippen MR) is 126 cm³/mol. The van der Waals surface area contributed by atoms with Crippen LogP contribution in [0, 0.1) is 0 Å². The number of H-pyrrole nitrogens is 1. The number of rotatable bonds is 4. The Morgan fingerprint density at radius 1 is 1.10 bits per heavy atom. The van der Waals surface area contributed by atoms with Crippen molar-refractivity contribution in [3.8, 4) is 11.4 Å². The molecule has 0 unspecified atom stereocenters. The van der Waals surface area contributed by atoms with Crippen LogP contribution in [0.4, 0.5) is 5.69 Å². The lowest BCUT2D eigenvalue weighted by atomic mass is 10.1. The molecule has 0 saturated heterocycles. The number of carbonyl (C=O) groups is 1. The van der Waals surface area contributed by atoms with Crippen LogP contribution >= 0.6 is 23.8 Å². The fourth-order valence-electron chi connectivity index (χ4n) is 3.09. The van der Waals surface area contributed by atoms with Gasteiger partial charge in [-0.05, 0) is 66.7 Å². The van der Waals surface area contributed by atoms with Crippen molar-refractivity contribution in [3.63, 3.8) is 0 Å². The van der Waals surface area contributed by atoms with Gasteiger partial charge in [0.05, 0.1) is 16.1 Å². The average Bonchev–Trinajstić information content (AvgIpc) is 3.19. The molecule has 1 amide bonds. The third kappa shape index (κ3) is 4.35. The molecule has 0 aliphatic rings. The summed E-state index contributed by atoms with van der Waals surface area (Å²) in [6.07, 6.45) is 0.923. The molecular weight excluding hydrogens is 416 g/mol. The number of nitrogens with one attached hydrogen (secondary N) is 3. The van der Waals surface area contributed by atoms with Crippen molar-refractivity contribution in [2.45, 2.75) is 13.3 Å². The van der Waals surface area contributed by atoms with Crippen LogP contribution in [0.25, 0.3) is 22.4 Å². The van der Waals surface area contributed by atoms with E-state index in [1.807, 2.05) is 42.5 Å². The second-order valence-electron chi connectivity index (χ2n) is 6.76. The van der Waals surface area contributed by atoms with Crippen LogP contribution in [0.1, 0.15) is 22.8 Å². The minimum Gasteiger partial charge on any atom is -0.338 e. The monoisotopic (exact) mass is 434 g/mol. The first-order valence-electron chi connectivity index (χ1n) is 9.49. The van der Waals surface area contributed by atoms with E-state index in [0.717, 1.165) is 23.0 Å². The molecule has 0 radical (unpaired) electrons. The number of aryl methyl sites for hydroxylation is 1. The highest BCUT2D eigenvalue weighted by Gasteiger charge is 2.12. The number of benzene rings is 3. The van der Waals surface area contributed by atoms with Crippen molar-refractivity contribution in [1.29, 1.82) is 0 Å². The minimum atomic E-state index is -0.262. The molecule has 0 aliphatic heterocycles. The number of aromatic nitrogens is 2. The van der Waals surface area contributed by atoms with Crippen LogP contribution in [0.15, 0.2) is 66.7 Å². The zero-order valence-corrected chi connectivity index (χ0v) is 17.8. The fraction of sp³-hybridized carbons (Fsp3) is 0.0870. The van der Waals surface area contributed by atoms with Gasteiger partial charge in [-0.3, -0.25) is 10.1 Å². The van der Waals surface area contributed by atoms with Crippen LogP contribution in [0.3, 0.4) is 0 Å². The van der Waals surface area contributed by atoms with Gasteiger partial charge in [0.2, 0.25) is 0 Å². The Hall–Kier alpha value is -3.22. The lowest BCUT2D eigenvalue weighted by Crippen LogP contribution is -2.34. The molecule has 0 spiro atoms. The molecule has 3 N–H and O–H groups in total. The van der Waals surface area contributed by atoms with E-state index in [-0.39, 0.29) is 11.0 Å². The highest BCUT2D eigenvalue weighted by molar-refractivity contribution is 7.80. The van der Waals surface area contributed by atoms with E-state index in [1.165, 1.54) is 5.56 Å². The normalized spacial score (nSPS) is 10.7. The van der Waals surface area contributed by atoms with Crippen molar-refractivity contribution in [2.24, 2.45) is 0 Å². The summed E-state index contributed by atoms with van der Waals surface area (Å²) in [4.78, 5) is 20.3. The van der Waals surface area contributed by atoms with Crippen LogP contribution in [-0.2, 0) is 6.42 Å². The van der Waals surface area contributed by atoms with Crippen molar-refractivity contribution >= 4 is 51.6 Å². The number of aromatic amines is 1. The maximum absolute atomic E-state index is 12.4. The summed E-state index contributed by atoms with van der Waals surface area (Å²) in [5, 5.41) is 6.50. The number of amides is 1. The number of fused-ring (bicyclic) bond motifs is 1. The molecule has 1 aromatic heterocycles. The third-order valence-electron chi connectivity index (χ3n) is 4.72. The SMILES string of the molecule is CCc1ccc(C(=O)NC(=S)Nc2ccc(Cl)c(-c3nc4ccccc4[nH]3)c2)cc1. The average molecular weight is 435 g/mol. The van der Waals surface area contributed by atoms with E-state index in [9.17, 15) is 4.79 Å². The van der Waals surface area contributed by atoms with Gasteiger partial charge in [0.25, 0.3) is 5.91 Å². The third-order valence-corrected chi connectivity index (χ3v) is 5.25. The summed E-state index contributed by atoms with van der Waals surface area (Å²) in [5.74, 6) is 0.400. The summed E-state index contributed by atoms with van der Waals surface area (Å²) in [5.41, 5.74) is 4.95. The molecule has 0 atom stereocenters. The number of thiocarbonyl (C=S) groups is 1. The molecule has 4 aromatic rings. The number of halogens is 1. The Balaban J connectivity index is 1.49. The second kappa shape index (κ2) is 8.65. The first kappa shape index (κ1) is 20.1. The molecule has 0 aliphatic carbocycles. The van der Waals surface area contributed by atoms with Gasteiger partial charge < -0.3 is 10.3 Å². The Morgan fingerprint density at radius 3 is 2.60 bits per heavy atom. The number of hydrogen-bond acceptors (Lipinski definition) is 3. The summed E-state index contributed by atoms with van der Waals surface area (Å²) < 4.78 is 0. The summed E-state index contributed by atoms with van der Waals surface area (Å²) >= 11 is 11.7. The van der Waals surface area contributed by atoms with Crippen LogP contribution < -0.4 is 10.6 Å². The molecule has 7 heteroatoms. The number of para-hydroxylation sites is 2. The summed E-state index contributed by atoms with van der Waals surface area (Å²) in [6, 6.07) is 20.6. The Morgan fingerprint density at radius 2 is 1.87 bits per heavy atom. The maximum Gasteiger partial charge on any atom is 0.257 e. The molecular formula is C23H19ClN4OS. The first-order valence-corrected chi connectivity index (χ1v) is 10.3. The fourth-order valence-corrected chi connectivity index (χ4v) is 3.51. The van der Waals surface area contributed by atoms with Gasteiger partial charge in [0.1, 0.15) is 5.82 Å². The largest absolute Gasteiger partial charge is 0.338 e. The Labute approximate surface area is 184 Å². The number of nitrogens with zero attached hydrogens (tertiary/aromatic N) is 1. The van der Waals surface area contributed by atoms with Crippen molar-refractivity contribution in [2.75, 3.05) is 5.32 Å². The topological polar surface area (TPSA) is 69.8 Å². The quantitative estimate of drug-likeness (QED) is 0.367. The van der Waals surface area contributed by atoms with Gasteiger partial charge in [-0.15, -0.1) is 0 Å². The lowest BCUT2D eigenvalue weighted by Gasteiger charge is -2.11. The molecule has 0 fully saturated rings. The zero-order chi connectivity index (χ0) is 21.1. The molecule has 3 aromatic carbocycles. The summed E-state index contributed by atoms with van der Waals surface area (Å²) in [7, 11) is 0. The molecule has 0 bridgehead atoms. The minimum absolute atomic E-state index is 0.206. The summed E-state index contributed by atoms with van der Waals surface area (Å²) in [6.45, 7) is 2.07. The first-order chi connectivity index (χ1) is 14.5. The molecule has 1 heterocycles. The van der Waals surface area contributed by atoms with E-state index in [1.54, 1.807) is 24.3 Å².